The van der Waals surface area contributed by atoms with Crippen molar-refractivity contribution in [3.8, 4) is 0 Å². The van der Waals surface area contributed by atoms with Crippen molar-refractivity contribution < 1.29 is 18.0 Å². The molecule has 0 N–H and O–H groups in total. The Morgan fingerprint density at radius 3 is 2.62 bits per heavy atom. The second-order valence-electron chi connectivity index (χ2n) is 2.46. The van der Waals surface area contributed by atoms with Crippen molar-refractivity contribution >= 4 is 6.29 Å². The van der Waals surface area contributed by atoms with Gasteiger partial charge in [-0.05, 0) is 12.5 Å². The first-order valence-corrected chi connectivity index (χ1v) is 3.46. The van der Waals surface area contributed by atoms with Crippen LogP contribution in [0.3, 0.4) is 0 Å². The molecule has 0 radical (unpaired) electrons. The molecule has 0 spiro atoms. The Labute approximate surface area is 72.4 Å². The highest BCUT2D eigenvalue weighted by Gasteiger charge is 2.16. The van der Waals surface area contributed by atoms with E-state index in [0.717, 1.165) is 6.20 Å². The van der Waals surface area contributed by atoms with E-state index in [1.54, 1.807) is 0 Å². The van der Waals surface area contributed by atoms with Crippen LogP contribution in [0, 0.1) is 12.7 Å². The van der Waals surface area contributed by atoms with Crippen molar-refractivity contribution in [2.24, 2.45) is 0 Å². The normalized spacial score (nSPS) is 10.5. The molecule has 5 heteroatoms. The van der Waals surface area contributed by atoms with Crippen LogP contribution in [0.2, 0.25) is 0 Å². The molecule has 0 aliphatic heterocycles. The predicted molar refractivity (Wildman–Crippen MR) is 39.3 cm³/mol. The number of aromatic nitrogens is 1. The predicted octanol–water partition coefficient (Wildman–Crippen LogP) is 2.28. The Hall–Kier alpha value is -1.39. The highest BCUT2D eigenvalue weighted by Crippen LogP contribution is 2.23. The highest BCUT2D eigenvalue weighted by molar-refractivity contribution is 5.72. The lowest BCUT2D eigenvalue weighted by molar-refractivity contribution is 0.111. The van der Waals surface area contributed by atoms with Crippen LogP contribution in [-0.2, 0) is 0 Å². The Kier molecular flexibility index (Phi) is 2.65. The van der Waals surface area contributed by atoms with E-state index in [-0.39, 0.29) is 11.8 Å². The van der Waals surface area contributed by atoms with Crippen LogP contribution < -0.4 is 0 Å². The van der Waals surface area contributed by atoms with E-state index >= 15 is 0 Å². The SMILES string of the molecule is Cc1c(C(F)F)cnc(C=O)c1F. The number of nitrogens with zero attached hydrogens (tertiary/aromatic N) is 1. The zero-order chi connectivity index (χ0) is 10.0. The van der Waals surface area contributed by atoms with Crippen LogP contribution in [0.25, 0.3) is 0 Å². The average Bonchev–Trinajstić information content (AvgIpc) is 2.09. The third-order valence-electron chi connectivity index (χ3n) is 1.68. The number of alkyl halides is 2. The molecule has 0 saturated heterocycles. The lowest BCUT2D eigenvalue weighted by Gasteiger charge is -2.05. The average molecular weight is 189 g/mol. The van der Waals surface area contributed by atoms with Gasteiger partial charge in [0, 0.05) is 11.8 Å². The summed E-state index contributed by atoms with van der Waals surface area (Å²) in [7, 11) is 0. The second-order valence-corrected chi connectivity index (χ2v) is 2.46. The summed E-state index contributed by atoms with van der Waals surface area (Å²) in [5.41, 5.74) is -1.16. The van der Waals surface area contributed by atoms with Crippen LogP contribution in [0.15, 0.2) is 6.20 Å². The first-order chi connectivity index (χ1) is 6.07. The molecule has 0 fully saturated rings. The summed E-state index contributed by atoms with van der Waals surface area (Å²) in [4.78, 5) is 13.4. The van der Waals surface area contributed by atoms with Gasteiger partial charge in [-0.1, -0.05) is 0 Å². The van der Waals surface area contributed by atoms with E-state index in [4.69, 9.17) is 0 Å². The fraction of sp³-hybridized carbons (Fsp3) is 0.250. The molecule has 1 rings (SSSR count). The molecule has 70 valence electrons. The molecule has 1 aromatic heterocycles. The molecule has 0 aliphatic carbocycles. The molecule has 0 amide bonds. The van der Waals surface area contributed by atoms with Gasteiger partial charge in [-0.15, -0.1) is 0 Å². The van der Waals surface area contributed by atoms with E-state index in [1.165, 1.54) is 6.92 Å². The Balaban J connectivity index is 3.31. The number of hydrogen-bond acceptors (Lipinski definition) is 2. The van der Waals surface area contributed by atoms with Gasteiger partial charge < -0.3 is 0 Å². The van der Waals surface area contributed by atoms with Gasteiger partial charge in [0.2, 0.25) is 0 Å². The lowest BCUT2D eigenvalue weighted by Crippen LogP contribution is -2.01. The first-order valence-electron chi connectivity index (χ1n) is 3.46. The minimum atomic E-state index is -2.78. The van der Waals surface area contributed by atoms with Gasteiger partial charge >= 0.3 is 0 Å². The van der Waals surface area contributed by atoms with E-state index < -0.39 is 23.5 Å². The lowest BCUT2D eigenvalue weighted by atomic mass is 10.1. The van der Waals surface area contributed by atoms with Crippen LogP contribution in [0.4, 0.5) is 13.2 Å². The number of hydrogen-bond donors (Lipinski definition) is 0. The van der Waals surface area contributed by atoms with E-state index in [1.807, 2.05) is 0 Å². The van der Waals surface area contributed by atoms with Crippen molar-refractivity contribution in [1.82, 2.24) is 4.98 Å². The summed E-state index contributed by atoms with van der Waals surface area (Å²) in [5.74, 6) is -0.979. The molecule has 1 aromatic rings. The summed E-state index contributed by atoms with van der Waals surface area (Å²) >= 11 is 0. The van der Waals surface area contributed by atoms with E-state index in [0.29, 0.717) is 0 Å². The molecular formula is C8H6F3NO. The molecule has 13 heavy (non-hydrogen) atoms. The Morgan fingerprint density at radius 1 is 1.54 bits per heavy atom. The Morgan fingerprint density at radius 2 is 2.15 bits per heavy atom. The van der Waals surface area contributed by atoms with Crippen molar-refractivity contribution in [2.45, 2.75) is 13.3 Å². The molecule has 0 atom stereocenters. The minimum Gasteiger partial charge on any atom is -0.296 e. The molecule has 0 aromatic carbocycles. The fourth-order valence-electron chi connectivity index (χ4n) is 0.914. The van der Waals surface area contributed by atoms with E-state index in [2.05, 4.69) is 4.98 Å². The second kappa shape index (κ2) is 3.55. The summed E-state index contributed by atoms with van der Waals surface area (Å²) in [5, 5.41) is 0. The number of carbonyl (C=O) groups is 1. The van der Waals surface area contributed by atoms with Crippen molar-refractivity contribution in [1.29, 1.82) is 0 Å². The van der Waals surface area contributed by atoms with Gasteiger partial charge in [0.1, 0.15) is 5.69 Å². The van der Waals surface area contributed by atoms with Crippen molar-refractivity contribution in [2.75, 3.05) is 0 Å². The highest BCUT2D eigenvalue weighted by atomic mass is 19.3. The first kappa shape index (κ1) is 9.70. The number of carbonyl (C=O) groups excluding carboxylic acids is 1. The van der Waals surface area contributed by atoms with Gasteiger partial charge in [-0.3, -0.25) is 4.79 Å². The number of halogens is 3. The van der Waals surface area contributed by atoms with Gasteiger partial charge in [0.15, 0.2) is 12.1 Å². The summed E-state index contributed by atoms with van der Waals surface area (Å²) in [6, 6.07) is 0. The fourth-order valence-corrected chi connectivity index (χ4v) is 0.914. The Bertz CT molecular complexity index is 338. The number of pyridine rings is 1. The topological polar surface area (TPSA) is 30.0 Å². The molecule has 0 aliphatic rings. The maximum Gasteiger partial charge on any atom is 0.265 e. The largest absolute Gasteiger partial charge is 0.296 e. The van der Waals surface area contributed by atoms with Gasteiger partial charge in [0.05, 0.1) is 0 Å². The number of rotatable bonds is 2. The molecule has 0 unspecified atom stereocenters. The molecule has 0 bridgehead atoms. The van der Waals surface area contributed by atoms with E-state index in [9.17, 15) is 18.0 Å². The standard InChI is InChI=1S/C8H6F3NO/c1-4-5(8(10)11)2-12-6(3-13)7(4)9/h2-3,8H,1H3. The third kappa shape index (κ3) is 1.68. The zero-order valence-electron chi connectivity index (χ0n) is 6.72. The van der Waals surface area contributed by atoms with Crippen LogP contribution in [0.5, 0.6) is 0 Å². The van der Waals surface area contributed by atoms with Crippen LogP contribution in [0.1, 0.15) is 28.0 Å². The quantitative estimate of drug-likeness (QED) is 0.668. The third-order valence-corrected chi connectivity index (χ3v) is 1.68. The minimum absolute atomic E-state index is 0.192. The number of aldehydes is 1. The molecule has 1 heterocycles. The summed E-state index contributed by atoms with van der Waals surface area (Å²) in [6.45, 7) is 1.19. The maximum atomic E-state index is 13.0. The van der Waals surface area contributed by atoms with Gasteiger partial charge in [-0.25, -0.2) is 18.2 Å². The monoisotopic (exact) mass is 189 g/mol. The van der Waals surface area contributed by atoms with Gasteiger partial charge in [-0.2, -0.15) is 0 Å². The maximum absolute atomic E-state index is 13.0. The van der Waals surface area contributed by atoms with Crippen molar-refractivity contribution in [3.63, 3.8) is 0 Å². The van der Waals surface area contributed by atoms with Crippen LogP contribution in [-0.4, -0.2) is 11.3 Å². The van der Waals surface area contributed by atoms with Crippen LogP contribution >= 0.6 is 0 Å². The summed E-state index contributed by atoms with van der Waals surface area (Å²) in [6.07, 6.45) is -1.77. The molecular weight excluding hydrogens is 183 g/mol. The zero-order valence-corrected chi connectivity index (χ0v) is 6.72. The summed E-state index contributed by atoms with van der Waals surface area (Å²) < 4.78 is 37.3. The molecule has 2 nitrogen and oxygen atoms in total. The molecule has 0 saturated carbocycles. The smallest absolute Gasteiger partial charge is 0.265 e. The van der Waals surface area contributed by atoms with Crippen molar-refractivity contribution in [3.05, 3.63) is 28.8 Å². The van der Waals surface area contributed by atoms with Gasteiger partial charge in [0.25, 0.3) is 6.43 Å².